The molecule has 0 aliphatic carbocycles. The molecule has 19 heavy (non-hydrogen) atoms. The van der Waals surface area contributed by atoms with E-state index in [-0.39, 0.29) is 12.5 Å². The standard InChI is InChI=1S/C11H24N4O3S/c1-3-10(15-6-4-5-7-15)8-13-11(16)9-14(2)19(12,17)18/h10H,3-9H2,1-2H3,(H,13,16)(H2,12,17,18)/t10-/m0/s1. The first kappa shape index (κ1) is 16.4. The van der Waals surface area contributed by atoms with Crippen molar-refractivity contribution in [3.05, 3.63) is 0 Å². The van der Waals surface area contributed by atoms with Gasteiger partial charge in [-0.25, -0.2) is 5.14 Å². The minimum Gasteiger partial charge on any atom is -0.353 e. The van der Waals surface area contributed by atoms with Gasteiger partial charge >= 0.3 is 0 Å². The molecule has 1 fully saturated rings. The van der Waals surface area contributed by atoms with Crippen LogP contribution < -0.4 is 10.5 Å². The fraction of sp³-hybridized carbons (Fsp3) is 0.909. The summed E-state index contributed by atoms with van der Waals surface area (Å²) in [5.41, 5.74) is 0. The molecule has 1 aliphatic heterocycles. The second kappa shape index (κ2) is 7.18. The Kier molecular flexibility index (Phi) is 6.18. The summed E-state index contributed by atoms with van der Waals surface area (Å²) in [7, 11) is -2.51. The lowest BCUT2D eigenvalue weighted by atomic mass is 10.2. The molecule has 112 valence electrons. The highest BCUT2D eigenvalue weighted by Crippen LogP contribution is 2.13. The molecule has 0 radical (unpaired) electrons. The molecule has 1 heterocycles. The Hall–Kier alpha value is -0.700. The highest BCUT2D eigenvalue weighted by Gasteiger charge is 2.21. The third-order valence-corrected chi connectivity index (χ3v) is 4.46. The number of nitrogens with two attached hydrogens (primary N) is 1. The molecule has 0 spiro atoms. The quantitative estimate of drug-likeness (QED) is 0.636. The summed E-state index contributed by atoms with van der Waals surface area (Å²) in [4.78, 5) is 14.0. The van der Waals surface area contributed by atoms with E-state index in [0.29, 0.717) is 12.6 Å². The van der Waals surface area contributed by atoms with Crippen LogP contribution in [-0.4, -0.2) is 62.8 Å². The van der Waals surface area contributed by atoms with Crippen LogP contribution in [0.25, 0.3) is 0 Å². The summed E-state index contributed by atoms with van der Waals surface area (Å²) in [5, 5.41) is 7.69. The van der Waals surface area contributed by atoms with Crippen LogP contribution in [0.3, 0.4) is 0 Å². The molecule has 1 atom stereocenters. The van der Waals surface area contributed by atoms with Crippen molar-refractivity contribution in [2.75, 3.05) is 33.2 Å². The van der Waals surface area contributed by atoms with E-state index in [4.69, 9.17) is 5.14 Å². The largest absolute Gasteiger partial charge is 0.353 e. The van der Waals surface area contributed by atoms with Crippen LogP contribution in [0.1, 0.15) is 26.2 Å². The van der Waals surface area contributed by atoms with E-state index in [0.717, 1.165) is 23.8 Å². The van der Waals surface area contributed by atoms with Gasteiger partial charge in [0.15, 0.2) is 0 Å². The summed E-state index contributed by atoms with van der Waals surface area (Å²) >= 11 is 0. The van der Waals surface area contributed by atoms with Gasteiger partial charge in [-0.2, -0.15) is 12.7 Å². The maximum atomic E-state index is 11.6. The lowest BCUT2D eigenvalue weighted by molar-refractivity contribution is -0.121. The molecule has 0 bridgehead atoms. The molecular formula is C11H24N4O3S. The van der Waals surface area contributed by atoms with Gasteiger partial charge in [0.05, 0.1) is 6.54 Å². The van der Waals surface area contributed by atoms with Gasteiger partial charge in [-0.15, -0.1) is 0 Å². The zero-order valence-corrected chi connectivity index (χ0v) is 12.4. The molecule has 1 amide bonds. The molecule has 0 unspecified atom stereocenters. The molecule has 1 aliphatic rings. The number of carbonyl (C=O) groups excluding carboxylic acids is 1. The van der Waals surface area contributed by atoms with Crippen molar-refractivity contribution in [2.24, 2.45) is 5.14 Å². The van der Waals surface area contributed by atoms with Crippen LogP contribution in [0.4, 0.5) is 0 Å². The first-order valence-corrected chi connectivity index (χ1v) is 8.09. The van der Waals surface area contributed by atoms with Crippen molar-refractivity contribution < 1.29 is 13.2 Å². The lowest BCUT2D eigenvalue weighted by Gasteiger charge is -2.26. The highest BCUT2D eigenvalue weighted by atomic mass is 32.2. The van der Waals surface area contributed by atoms with Crippen molar-refractivity contribution in [2.45, 2.75) is 32.2 Å². The van der Waals surface area contributed by atoms with E-state index in [2.05, 4.69) is 17.1 Å². The first-order valence-electron chi connectivity index (χ1n) is 6.59. The topological polar surface area (TPSA) is 95.7 Å². The molecule has 7 nitrogen and oxygen atoms in total. The fourth-order valence-corrected chi connectivity index (χ4v) is 2.52. The summed E-state index contributed by atoms with van der Waals surface area (Å²) < 4.78 is 22.8. The van der Waals surface area contributed by atoms with Crippen LogP contribution in [0, 0.1) is 0 Å². The molecule has 3 N–H and O–H groups in total. The second-order valence-electron chi connectivity index (χ2n) is 4.91. The molecule has 0 aromatic carbocycles. The average Bonchev–Trinajstić information content (AvgIpc) is 2.82. The van der Waals surface area contributed by atoms with Crippen molar-refractivity contribution in [1.29, 1.82) is 0 Å². The molecule has 0 aromatic rings. The van der Waals surface area contributed by atoms with Crippen LogP contribution >= 0.6 is 0 Å². The van der Waals surface area contributed by atoms with E-state index in [1.165, 1.54) is 19.9 Å². The van der Waals surface area contributed by atoms with Crippen molar-refractivity contribution >= 4 is 16.1 Å². The summed E-state index contributed by atoms with van der Waals surface area (Å²) in [6.07, 6.45) is 3.38. The Morgan fingerprint density at radius 2 is 2.00 bits per heavy atom. The van der Waals surface area contributed by atoms with Crippen molar-refractivity contribution in [1.82, 2.24) is 14.5 Å². The molecule has 0 saturated carbocycles. The maximum Gasteiger partial charge on any atom is 0.277 e. The summed E-state index contributed by atoms with van der Waals surface area (Å²) in [6.45, 7) is 4.55. The SMILES string of the molecule is CC[C@@H](CNC(=O)CN(C)S(N)(=O)=O)N1CCCC1. The van der Waals surface area contributed by atoms with Gasteiger partial charge in [-0.05, 0) is 32.4 Å². The normalized spacial score (nSPS) is 18.7. The third-order valence-electron chi connectivity index (χ3n) is 3.46. The van der Waals surface area contributed by atoms with E-state index in [1.54, 1.807) is 0 Å². The average molecular weight is 292 g/mol. The van der Waals surface area contributed by atoms with Gasteiger partial charge in [0.2, 0.25) is 5.91 Å². The van der Waals surface area contributed by atoms with Crippen LogP contribution in [0.15, 0.2) is 0 Å². The van der Waals surface area contributed by atoms with Crippen molar-refractivity contribution in [3.8, 4) is 0 Å². The predicted molar refractivity (Wildman–Crippen MR) is 73.6 cm³/mol. The van der Waals surface area contributed by atoms with Gasteiger partial charge in [0, 0.05) is 19.6 Å². The second-order valence-corrected chi connectivity index (χ2v) is 6.56. The first-order chi connectivity index (χ1) is 8.84. The maximum absolute atomic E-state index is 11.6. The predicted octanol–water partition coefficient (Wildman–Crippen LogP) is -0.888. The highest BCUT2D eigenvalue weighted by molar-refractivity contribution is 7.86. The number of likely N-dealkylation sites (N-methyl/N-ethyl adjacent to an activating group) is 1. The van der Waals surface area contributed by atoms with Gasteiger partial charge in [-0.1, -0.05) is 6.92 Å². The fourth-order valence-electron chi connectivity index (χ4n) is 2.22. The molecule has 0 aromatic heterocycles. The number of hydrogen-bond acceptors (Lipinski definition) is 4. The molecular weight excluding hydrogens is 268 g/mol. The van der Waals surface area contributed by atoms with E-state index in [1.807, 2.05) is 0 Å². The number of rotatable bonds is 7. The van der Waals surface area contributed by atoms with E-state index in [9.17, 15) is 13.2 Å². The van der Waals surface area contributed by atoms with E-state index >= 15 is 0 Å². The van der Waals surface area contributed by atoms with Crippen LogP contribution in [0.2, 0.25) is 0 Å². The number of nitrogens with one attached hydrogen (secondary N) is 1. The lowest BCUT2D eigenvalue weighted by Crippen LogP contribution is -2.46. The molecule has 1 rings (SSSR count). The van der Waals surface area contributed by atoms with Gasteiger partial charge in [0.1, 0.15) is 0 Å². The van der Waals surface area contributed by atoms with E-state index < -0.39 is 10.2 Å². The van der Waals surface area contributed by atoms with Gasteiger partial charge in [0.25, 0.3) is 10.2 Å². The smallest absolute Gasteiger partial charge is 0.277 e. The Balaban J connectivity index is 2.36. The zero-order chi connectivity index (χ0) is 14.5. The third kappa shape index (κ3) is 5.43. The minimum atomic E-state index is -3.80. The van der Waals surface area contributed by atoms with Gasteiger partial charge < -0.3 is 5.32 Å². The Bertz CT molecular complexity index is 393. The summed E-state index contributed by atoms with van der Waals surface area (Å²) in [5.74, 6) is -0.325. The number of hydrogen-bond donors (Lipinski definition) is 2. The van der Waals surface area contributed by atoms with Crippen molar-refractivity contribution in [3.63, 3.8) is 0 Å². The van der Waals surface area contributed by atoms with Crippen LogP contribution in [-0.2, 0) is 15.0 Å². The number of amides is 1. The monoisotopic (exact) mass is 292 g/mol. The zero-order valence-electron chi connectivity index (χ0n) is 11.6. The minimum absolute atomic E-state index is 0.241. The molecule has 8 heteroatoms. The number of nitrogens with zero attached hydrogens (tertiary/aromatic N) is 2. The number of likely N-dealkylation sites (tertiary alicyclic amines) is 1. The Labute approximate surface area is 115 Å². The molecule has 1 saturated heterocycles. The summed E-state index contributed by atoms with van der Waals surface area (Å²) in [6, 6.07) is 0.325. The Morgan fingerprint density at radius 1 is 1.42 bits per heavy atom. The Morgan fingerprint density at radius 3 is 2.47 bits per heavy atom. The van der Waals surface area contributed by atoms with Crippen LogP contribution in [0.5, 0.6) is 0 Å². The number of carbonyl (C=O) groups is 1. The van der Waals surface area contributed by atoms with Gasteiger partial charge in [-0.3, -0.25) is 9.69 Å².